The van der Waals surface area contributed by atoms with Crippen molar-refractivity contribution in [3.05, 3.63) is 51.6 Å². The number of aliphatic hydroxyl groups excluding tert-OH is 4. The van der Waals surface area contributed by atoms with Crippen LogP contribution in [-0.4, -0.2) is 121 Å². The van der Waals surface area contributed by atoms with Gasteiger partial charge in [0.2, 0.25) is 6.29 Å². The van der Waals surface area contributed by atoms with Crippen LogP contribution in [0.4, 0.5) is 0 Å². The lowest BCUT2D eigenvalue weighted by Gasteiger charge is -2.72. The Morgan fingerprint density at radius 2 is 1.54 bits per heavy atom. The van der Waals surface area contributed by atoms with Gasteiger partial charge in [0, 0.05) is 47.1 Å². The van der Waals surface area contributed by atoms with Crippen LogP contribution in [0.1, 0.15) is 245 Å². The summed E-state index contributed by atoms with van der Waals surface area (Å²) in [5.41, 5.74) is 10.5. The molecule has 4 heterocycles. The molecule has 11 saturated carbocycles. The number of aromatic carboxylic acids is 1. The number of phenolic OH excluding ortho intramolecular Hbond substituents is 2. The van der Waals surface area contributed by atoms with Gasteiger partial charge in [0.1, 0.15) is 41.2 Å². The van der Waals surface area contributed by atoms with Gasteiger partial charge in [-0.3, -0.25) is 15.6 Å². The maximum absolute atomic E-state index is 14.0. The second kappa shape index (κ2) is 20.0. The molecule has 2 aromatic rings. The van der Waals surface area contributed by atoms with Crippen LogP contribution in [0.3, 0.4) is 0 Å². The molecule has 18 rings (SSSR count). The lowest BCUT2D eigenvalue weighted by atomic mass is 9.38. The van der Waals surface area contributed by atoms with E-state index in [9.17, 15) is 45.3 Å². The molecule has 12 aliphatic carbocycles. The molecule has 9 N–H and O–H groups in total. The highest BCUT2D eigenvalue weighted by atomic mass is 16.7. The monoisotopic (exact) mass is 1250 g/mol. The average Bonchev–Trinajstić information content (AvgIpc) is 1.53. The number of aromatic hydroxyl groups is 2. The third-order valence-electron chi connectivity index (χ3n) is 31.7. The predicted octanol–water partition coefficient (Wildman–Crippen LogP) is 12.3. The largest absolute Gasteiger partial charge is 0.507 e. The number of carbonyl (C=O) groups is 2. The maximum Gasteiger partial charge on any atom is 0.335 e. The SMILES string of the molecule is CC(=O)c1c(C)c(O)c2cc(C(=O)O)cc(OC3OC(CO)C4(CC5C6=C(CC=C6C6(CCCO)COCC7CC89CC5(NNC8CC5(C9)CC8(CCCC8)C8CCCC9CCCC9%10CCC85C%10)C76)C5(CCCC6(CCC7(CCCC7)C6)C5)O4)C(O)C3O)c2c1O. The van der Waals surface area contributed by atoms with Crippen molar-refractivity contribution in [1.82, 2.24) is 10.9 Å². The van der Waals surface area contributed by atoms with E-state index >= 15 is 0 Å². The summed E-state index contributed by atoms with van der Waals surface area (Å²) in [6.45, 7) is 3.46. The Balaban J connectivity index is 0.799. The van der Waals surface area contributed by atoms with E-state index in [2.05, 4.69) is 16.9 Å². The van der Waals surface area contributed by atoms with E-state index in [-0.39, 0.29) is 86.3 Å². The summed E-state index contributed by atoms with van der Waals surface area (Å²) in [6, 6.07) is 2.65. The van der Waals surface area contributed by atoms with E-state index in [1.54, 1.807) is 0 Å². The summed E-state index contributed by atoms with van der Waals surface area (Å²) in [5.74, 6) is -1.43. The van der Waals surface area contributed by atoms with Crippen molar-refractivity contribution in [3.8, 4) is 17.2 Å². The molecule has 16 aliphatic rings. The Bertz CT molecular complexity index is 3470. The van der Waals surface area contributed by atoms with Crippen LogP contribution >= 0.6 is 0 Å². The number of ketones is 1. The number of benzene rings is 2. The van der Waals surface area contributed by atoms with Gasteiger partial charge in [0.05, 0.1) is 35.3 Å². The van der Waals surface area contributed by atoms with E-state index in [0.29, 0.717) is 54.1 Å². The second-order valence-corrected chi connectivity index (χ2v) is 35.1. The van der Waals surface area contributed by atoms with Crippen molar-refractivity contribution in [2.45, 2.75) is 273 Å². The average molecular weight is 1250 g/mol. The highest BCUT2D eigenvalue weighted by Crippen LogP contribution is 2.86. The zero-order valence-electron chi connectivity index (χ0n) is 54.2. The van der Waals surface area contributed by atoms with Gasteiger partial charge in [-0.2, -0.15) is 0 Å². The molecule has 0 amide bonds. The van der Waals surface area contributed by atoms with Gasteiger partial charge in [-0.25, -0.2) is 4.79 Å². The molecule has 4 bridgehead atoms. The number of phenols is 2. The number of hydrogen-bond donors (Lipinski definition) is 9. The number of hydrazine groups is 1. The fraction of sp³-hybridized carbons (Fsp3) is 0.789. The molecule has 10 spiro atoms. The van der Waals surface area contributed by atoms with E-state index in [1.165, 1.54) is 178 Å². The Labute approximate surface area is 536 Å². The molecule has 0 radical (unpaired) electrons. The number of hydrogen-bond acceptors (Lipinski definition) is 14. The molecule has 2 aromatic carbocycles. The van der Waals surface area contributed by atoms with E-state index < -0.39 is 76.6 Å². The number of rotatable bonds is 8. The fourth-order valence-corrected chi connectivity index (χ4v) is 29.3. The lowest BCUT2D eigenvalue weighted by molar-refractivity contribution is -0.349. The van der Waals surface area contributed by atoms with Crippen molar-refractivity contribution in [2.24, 2.45) is 72.9 Å². The van der Waals surface area contributed by atoms with Crippen molar-refractivity contribution in [2.75, 3.05) is 26.4 Å². The summed E-state index contributed by atoms with van der Waals surface area (Å²) in [4.78, 5) is 26.0. The van der Waals surface area contributed by atoms with Crippen LogP contribution in [0.25, 0.3) is 10.8 Å². The number of Topliss-reactive ketones (excluding diaryl/α,β-unsaturated/α-hetero) is 1. The molecule has 494 valence electrons. The van der Waals surface area contributed by atoms with Gasteiger partial charge < -0.3 is 54.7 Å². The van der Waals surface area contributed by atoms with Crippen molar-refractivity contribution in [3.63, 3.8) is 0 Å². The number of carbonyl (C=O) groups excluding carboxylic acids is 1. The van der Waals surface area contributed by atoms with E-state index in [4.69, 9.17) is 18.9 Å². The molecule has 15 heteroatoms. The van der Waals surface area contributed by atoms with Crippen molar-refractivity contribution < 1.29 is 64.3 Å². The molecule has 19 atom stereocenters. The Morgan fingerprint density at radius 1 is 0.769 bits per heavy atom. The first-order valence-corrected chi connectivity index (χ1v) is 36.7. The van der Waals surface area contributed by atoms with Gasteiger partial charge in [-0.05, 0) is 278 Å². The van der Waals surface area contributed by atoms with Gasteiger partial charge in [-0.15, -0.1) is 0 Å². The quantitative estimate of drug-likeness (QED) is 0.0883. The number of aliphatic hydroxyl groups is 4. The first kappa shape index (κ1) is 59.8. The van der Waals surface area contributed by atoms with Crippen LogP contribution in [0.5, 0.6) is 17.2 Å². The standard InChI is InChI=1S/C76H102N2O13/c1-43-56(44(2)81)60(83)57-48(59(43)82)29-45(64(86)87)30-52(57)89-65-61(84)63(85)76(55(34-80)90-65)32-51-58-49(14-15-50(58)74(91-76)23-9-18-67(37-74)25-24-66(36-67)16-3-4-17-66)72(22-10-28-79)42-88-35-46-31-70-39-71(33-54(70)77-78-75(51,41-70)62(46)72)38-69(19-5-6-20-69)53-13-7-11-47-12-8-21-68(47)26-27-73(53,71)40-68/h14,29-30,46-47,51,53-55,61-63,65,77-80,82-85H,3-13,15-28,31-42H2,1-2H3,(H,86,87). The third kappa shape index (κ3) is 7.71. The Morgan fingerprint density at radius 3 is 2.33 bits per heavy atom. The topological polar surface area (TPSA) is 237 Å². The van der Waals surface area contributed by atoms with E-state index in [1.807, 2.05) is 0 Å². The van der Waals surface area contributed by atoms with Gasteiger partial charge in [0.15, 0.2) is 5.78 Å². The molecule has 3 saturated heterocycles. The summed E-state index contributed by atoms with van der Waals surface area (Å²) in [6.07, 6.45) is 34.4. The fourth-order valence-electron chi connectivity index (χ4n) is 29.3. The van der Waals surface area contributed by atoms with Crippen LogP contribution in [0, 0.1) is 79.8 Å². The van der Waals surface area contributed by atoms with Crippen LogP contribution in [-0.2, 0) is 14.2 Å². The highest BCUT2D eigenvalue weighted by Gasteiger charge is 2.81. The molecular weight excluding hydrogens is 1150 g/mol. The number of ether oxygens (including phenoxy) is 4. The minimum atomic E-state index is -1.84. The molecule has 91 heavy (non-hydrogen) atoms. The van der Waals surface area contributed by atoms with Crippen LogP contribution in [0.15, 0.2) is 34.9 Å². The molecule has 0 aromatic heterocycles. The maximum atomic E-state index is 14.0. The number of carboxylic acid groups (broad SMARTS) is 1. The van der Waals surface area contributed by atoms with Gasteiger partial charge in [-0.1, -0.05) is 44.6 Å². The summed E-state index contributed by atoms with van der Waals surface area (Å²) < 4.78 is 29.3. The lowest BCUT2D eigenvalue weighted by Crippen LogP contribution is -2.81. The van der Waals surface area contributed by atoms with Crippen molar-refractivity contribution >= 4 is 22.5 Å². The Hall–Kier alpha value is -3.64. The minimum absolute atomic E-state index is 0.0160. The van der Waals surface area contributed by atoms with Crippen molar-refractivity contribution in [1.29, 1.82) is 0 Å². The normalized spacial score (nSPS) is 47.4. The smallest absolute Gasteiger partial charge is 0.335 e. The van der Waals surface area contributed by atoms with Crippen LogP contribution < -0.4 is 15.6 Å². The summed E-state index contributed by atoms with van der Waals surface area (Å²) in [7, 11) is 0. The van der Waals surface area contributed by atoms with Crippen LogP contribution in [0.2, 0.25) is 0 Å². The number of carboxylic acids is 1. The van der Waals surface area contributed by atoms with Gasteiger partial charge >= 0.3 is 5.97 Å². The zero-order chi connectivity index (χ0) is 62.3. The number of allylic oxidation sites excluding steroid dienone is 1. The molecule has 4 aliphatic heterocycles. The van der Waals surface area contributed by atoms with E-state index in [0.717, 1.165) is 63.2 Å². The summed E-state index contributed by atoms with van der Waals surface area (Å²) in [5, 5.41) is 84.4. The third-order valence-corrected chi connectivity index (χ3v) is 31.7. The summed E-state index contributed by atoms with van der Waals surface area (Å²) >= 11 is 0. The number of nitrogens with one attached hydrogen (secondary N) is 2. The van der Waals surface area contributed by atoms with Gasteiger partial charge in [0.25, 0.3) is 0 Å². The number of fused-ring (bicyclic) bond motifs is 4. The predicted molar refractivity (Wildman–Crippen MR) is 339 cm³/mol. The Kier molecular flexibility index (Phi) is 13.2. The first-order chi connectivity index (χ1) is 43.8. The molecule has 15 nitrogen and oxygen atoms in total. The highest BCUT2D eigenvalue weighted by molar-refractivity contribution is 6.11. The second-order valence-electron chi connectivity index (χ2n) is 35.1. The molecule has 14 fully saturated rings. The molecule has 19 unspecified atom stereocenters. The zero-order valence-corrected chi connectivity index (χ0v) is 54.2. The first-order valence-electron chi connectivity index (χ1n) is 36.7. The minimum Gasteiger partial charge on any atom is -0.507 e. The molecular formula is C76H102N2O13.